The Morgan fingerprint density at radius 1 is 0.946 bits per heavy atom. The molecule has 0 unspecified atom stereocenters. The molecule has 0 N–H and O–H groups in total. The lowest BCUT2D eigenvalue weighted by atomic mass is 9.88. The van der Waals surface area contributed by atoms with Crippen molar-refractivity contribution >= 4 is 80.8 Å². The molecule has 3 aromatic carbocycles. The third kappa shape index (κ3) is 6.10. The summed E-state index contributed by atoms with van der Waals surface area (Å²) in [6.07, 6.45) is 7.28. The standard InChI is InChI=1S/C28H23Br4N3O2/c29-20-11-10-19(22(30)14-20)16-37-26-23(31)12-17(13-24(26)32)15-33-35-27(18-6-2-1-3-7-18)34-25-9-5-4-8-21(25)28(35)36/h4-5,8-15,18H,1-3,6-7,16H2. The molecule has 0 saturated heterocycles. The summed E-state index contributed by atoms with van der Waals surface area (Å²) in [5, 5.41) is 5.22. The predicted octanol–water partition coefficient (Wildman–Crippen LogP) is 8.96. The average molecular weight is 753 g/mol. The number of rotatable bonds is 6. The first kappa shape index (κ1) is 26.8. The predicted molar refractivity (Wildman–Crippen MR) is 163 cm³/mol. The van der Waals surface area contributed by atoms with Crippen LogP contribution in [-0.4, -0.2) is 15.9 Å². The average Bonchev–Trinajstić information content (AvgIpc) is 2.89. The minimum atomic E-state index is -0.138. The molecular weight excluding hydrogens is 730 g/mol. The van der Waals surface area contributed by atoms with Gasteiger partial charge in [0.15, 0.2) is 0 Å². The van der Waals surface area contributed by atoms with Crippen LogP contribution in [0.1, 0.15) is 55.0 Å². The minimum absolute atomic E-state index is 0.138. The molecule has 4 aromatic rings. The summed E-state index contributed by atoms with van der Waals surface area (Å²) in [6.45, 7) is 0.404. The summed E-state index contributed by atoms with van der Waals surface area (Å²) in [6, 6.07) is 17.3. The van der Waals surface area contributed by atoms with Crippen molar-refractivity contribution in [2.24, 2.45) is 5.10 Å². The van der Waals surface area contributed by atoms with Crippen LogP contribution in [0.5, 0.6) is 5.75 Å². The first-order valence-corrected chi connectivity index (χ1v) is 15.2. The Labute approximate surface area is 248 Å². The van der Waals surface area contributed by atoms with Crippen molar-refractivity contribution in [3.63, 3.8) is 0 Å². The molecule has 0 amide bonds. The van der Waals surface area contributed by atoms with Gasteiger partial charge in [-0.1, -0.05) is 69.3 Å². The second-order valence-electron chi connectivity index (χ2n) is 9.02. The SMILES string of the molecule is O=c1c2ccccc2nc(C2CCCCC2)n1N=Cc1cc(Br)c(OCc2ccc(Br)cc2Br)c(Br)c1. The number of benzene rings is 3. The largest absolute Gasteiger partial charge is 0.486 e. The Morgan fingerprint density at radius 3 is 2.41 bits per heavy atom. The van der Waals surface area contributed by atoms with Gasteiger partial charge < -0.3 is 4.74 Å². The Balaban J connectivity index is 1.45. The maximum Gasteiger partial charge on any atom is 0.282 e. The number of ether oxygens (including phenoxy) is 1. The molecule has 0 atom stereocenters. The van der Waals surface area contributed by atoms with Crippen molar-refractivity contribution in [1.29, 1.82) is 0 Å². The van der Waals surface area contributed by atoms with E-state index in [1.165, 1.54) is 11.1 Å². The Morgan fingerprint density at radius 2 is 1.68 bits per heavy atom. The maximum atomic E-state index is 13.4. The number of hydrogen-bond donors (Lipinski definition) is 0. The van der Waals surface area contributed by atoms with E-state index in [-0.39, 0.29) is 11.5 Å². The molecule has 0 radical (unpaired) electrons. The number of halogens is 4. The smallest absolute Gasteiger partial charge is 0.282 e. The number of aromatic nitrogens is 2. The molecule has 1 heterocycles. The molecule has 37 heavy (non-hydrogen) atoms. The molecule has 1 aliphatic carbocycles. The van der Waals surface area contributed by atoms with Gasteiger partial charge in [0.2, 0.25) is 0 Å². The van der Waals surface area contributed by atoms with Gasteiger partial charge in [-0.2, -0.15) is 9.78 Å². The van der Waals surface area contributed by atoms with Crippen molar-refractivity contribution in [3.8, 4) is 5.75 Å². The number of hydrogen-bond acceptors (Lipinski definition) is 4. The molecule has 190 valence electrons. The van der Waals surface area contributed by atoms with Crippen LogP contribution >= 0.6 is 63.7 Å². The topological polar surface area (TPSA) is 56.5 Å². The van der Waals surface area contributed by atoms with Crippen LogP contribution in [0.15, 0.2) is 82.4 Å². The fourth-order valence-electron chi connectivity index (χ4n) is 4.58. The lowest BCUT2D eigenvalue weighted by Gasteiger charge is -2.22. The van der Waals surface area contributed by atoms with E-state index in [9.17, 15) is 4.79 Å². The van der Waals surface area contributed by atoms with Gasteiger partial charge in [-0.15, -0.1) is 0 Å². The van der Waals surface area contributed by atoms with E-state index in [4.69, 9.17) is 9.72 Å². The molecule has 5 nitrogen and oxygen atoms in total. The van der Waals surface area contributed by atoms with Gasteiger partial charge in [0.05, 0.1) is 26.1 Å². The lowest BCUT2D eigenvalue weighted by Crippen LogP contribution is -2.25. The van der Waals surface area contributed by atoms with E-state index >= 15 is 0 Å². The molecular formula is C28H23Br4N3O2. The van der Waals surface area contributed by atoms with E-state index in [1.807, 2.05) is 54.6 Å². The van der Waals surface area contributed by atoms with E-state index < -0.39 is 0 Å². The van der Waals surface area contributed by atoms with Gasteiger partial charge in [0, 0.05) is 20.4 Å². The van der Waals surface area contributed by atoms with Crippen molar-refractivity contribution in [2.75, 3.05) is 0 Å². The molecule has 0 bridgehead atoms. The molecule has 9 heteroatoms. The normalized spacial score (nSPS) is 14.5. The van der Waals surface area contributed by atoms with E-state index in [0.717, 1.165) is 66.0 Å². The summed E-state index contributed by atoms with van der Waals surface area (Å²) >= 11 is 14.3. The highest BCUT2D eigenvalue weighted by atomic mass is 79.9. The second-order valence-corrected chi connectivity index (χ2v) is 12.5. The van der Waals surface area contributed by atoms with Crippen molar-refractivity contribution < 1.29 is 4.74 Å². The van der Waals surface area contributed by atoms with Crippen molar-refractivity contribution in [2.45, 2.75) is 44.6 Å². The second kappa shape index (κ2) is 11.9. The highest BCUT2D eigenvalue weighted by molar-refractivity contribution is 9.11. The monoisotopic (exact) mass is 749 g/mol. The highest BCUT2D eigenvalue weighted by Crippen LogP contribution is 2.36. The quantitative estimate of drug-likeness (QED) is 0.185. The molecule has 0 aliphatic heterocycles. The Hall–Kier alpha value is -1.81. The molecule has 5 rings (SSSR count). The van der Waals surface area contributed by atoms with Crippen LogP contribution in [-0.2, 0) is 6.61 Å². The van der Waals surface area contributed by atoms with E-state index in [1.54, 1.807) is 6.21 Å². The number of para-hydroxylation sites is 1. The molecule has 1 aliphatic rings. The Bertz CT molecular complexity index is 1520. The first-order valence-electron chi connectivity index (χ1n) is 12.0. The maximum absolute atomic E-state index is 13.4. The van der Waals surface area contributed by atoms with Gasteiger partial charge in [-0.3, -0.25) is 4.79 Å². The third-order valence-electron chi connectivity index (χ3n) is 6.48. The number of fused-ring (bicyclic) bond motifs is 1. The minimum Gasteiger partial charge on any atom is -0.486 e. The summed E-state index contributed by atoms with van der Waals surface area (Å²) < 4.78 is 11.1. The van der Waals surface area contributed by atoms with Gasteiger partial charge in [-0.25, -0.2) is 4.98 Å². The summed E-state index contributed by atoms with van der Waals surface area (Å²) in [5.74, 6) is 1.67. The number of nitrogens with zero attached hydrogens (tertiary/aromatic N) is 3. The van der Waals surface area contributed by atoms with Gasteiger partial charge in [0.25, 0.3) is 5.56 Å². The first-order chi connectivity index (χ1) is 17.9. The molecule has 1 fully saturated rings. The van der Waals surface area contributed by atoms with Crippen LogP contribution in [0.25, 0.3) is 10.9 Å². The Kier molecular flexibility index (Phi) is 8.63. The molecule has 0 spiro atoms. The third-order valence-corrected chi connectivity index (χ3v) is 8.89. The zero-order valence-electron chi connectivity index (χ0n) is 19.8. The van der Waals surface area contributed by atoms with Gasteiger partial charge >= 0.3 is 0 Å². The lowest BCUT2D eigenvalue weighted by molar-refractivity contribution is 0.301. The van der Waals surface area contributed by atoms with Crippen LogP contribution in [0.3, 0.4) is 0 Å². The van der Waals surface area contributed by atoms with Gasteiger partial charge in [0.1, 0.15) is 18.2 Å². The van der Waals surface area contributed by atoms with Crippen LogP contribution in [0.4, 0.5) is 0 Å². The zero-order valence-corrected chi connectivity index (χ0v) is 26.1. The fourth-order valence-corrected chi connectivity index (χ4v) is 7.19. The molecule has 1 aromatic heterocycles. The van der Waals surface area contributed by atoms with E-state index in [2.05, 4.69) is 68.8 Å². The van der Waals surface area contributed by atoms with E-state index in [0.29, 0.717) is 17.7 Å². The van der Waals surface area contributed by atoms with Crippen molar-refractivity contribution in [3.05, 3.63) is 99.8 Å². The summed E-state index contributed by atoms with van der Waals surface area (Å²) in [4.78, 5) is 18.3. The summed E-state index contributed by atoms with van der Waals surface area (Å²) in [7, 11) is 0. The van der Waals surface area contributed by atoms with Crippen LogP contribution < -0.4 is 10.3 Å². The van der Waals surface area contributed by atoms with Crippen LogP contribution in [0, 0.1) is 0 Å². The molecule has 1 saturated carbocycles. The summed E-state index contributed by atoms with van der Waals surface area (Å²) in [5.41, 5.74) is 2.45. The zero-order chi connectivity index (χ0) is 25.9. The highest BCUT2D eigenvalue weighted by Gasteiger charge is 2.22. The fraction of sp³-hybridized carbons (Fsp3) is 0.250. The van der Waals surface area contributed by atoms with Gasteiger partial charge in [-0.05, 0) is 86.7 Å². The van der Waals surface area contributed by atoms with Crippen LogP contribution in [0.2, 0.25) is 0 Å². The van der Waals surface area contributed by atoms with Crippen molar-refractivity contribution in [1.82, 2.24) is 9.66 Å².